The SMILES string of the molecule is Cc1cccc2nc(CN(CCO)CCCO)cn12. The van der Waals surface area contributed by atoms with Gasteiger partial charge in [0, 0.05) is 38.1 Å². The van der Waals surface area contributed by atoms with Gasteiger partial charge in [-0.05, 0) is 25.5 Å². The molecule has 19 heavy (non-hydrogen) atoms. The molecule has 5 heteroatoms. The molecule has 0 atom stereocenters. The van der Waals surface area contributed by atoms with Crippen molar-refractivity contribution in [1.82, 2.24) is 14.3 Å². The van der Waals surface area contributed by atoms with E-state index in [9.17, 15) is 0 Å². The van der Waals surface area contributed by atoms with Crippen LogP contribution in [0.15, 0.2) is 24.4 Å². The van der Waals surface area contributed by atoms with Gasteiger partial charge in [-0.3, -0.25) is 4.90 Å². The molecule has 0 spiro atoms. The Bertz CT molecular complexity index is 524. The van der Waals surface area contributed by atoms with E-state index in [0.717, 1.165) is 23.6 Å². The molecule has 0 unspecified atom stereocenters. The number of hydrogen-bond acceptors (Lipinski definition) is 4. The van der Waals surface area contributed by atoms with Gasteiger partial charge in [0.05, 0.1) is 12.3 Å². The molecular formula is C14H21N3O2. The molecule has 0 radical (unpaired) electrons. The first-order valence-corrected chi connectivity index (χ1v) is 6.62. The maximum atomic E-state index is 9.07. The summed E-state index contributed by atoms with van der Waals surface area (Å²) in [5.41, 5.74) is 3.09. The van der Waals surface area contributed by atoms with Crippen molar-refractivity contribution in [2.45, 2.75) is 19.9 Å². The highest BCUT2D eigenvalue weighted by molar-refractivity contribution is 5.41. The summed E-state index contributed by atoms with van der Waals surface area (Å²) in [5.74, 6) is 0. The summed E-state index contributed by atoms with van der Waals surface area (Å²) in [6, 6.07) is 6.04. The van der Waals surface area contributed by atoms with Gasteiger partial charge in [0.2, 0.25) is 0 Å². The highest BCUT2D eigenvalue weighted by Crippen LogP contribution is 2.10. The molecule has 104 valence electrons. The number of nitrogens with zero attached hydrogens (tertiary/aromatic N) is 3. The number of pyridine rings is 1. The van der Waals surface area contributed by atoms with E-state index in [1.165, 1.54) is 0 Å². The fourth-order valence-corrected chi connectivity index (χ4v) is 2.21. The molecule has 0 amide bonds. The molecule has 0 saturated carbocycles. The van der Waals surface area contributed by atoms with Gasteiger partial charge < -0.3 is 14.6 Å². The third-order valence-electron chi connectivity index (χ3n) is 3.18. The number of aryl methyl sites for hydroxylation is 1. The monoisotopic (exact) mass is 263 g/mol. The molecule has 0 bridgehead atoms. The molecule has 2 aromatic heterocycles. The number of hydrogen-bond donors (Lipinski definition) is 2. The van der Waals surface area contributed by atoms with Crippen molar-refractivity contribution < 1.29 is 10.2 Å². The number of aromatic nitrogens is 2. The van der Waals surface area contributed by atoms with Gasteiger partial charge in [0.1, 0.15) is 5.65 Å². The van der Waals surface area contributed by atoms with Crippen molar-refractivity contribution >= 4 is 5.65 Å². The topological polar surface area (TPSA) is 61.0 Å². The average Bonchev–Trinajstić information content (AvgIpc) is 2.80. The Morgan fingerprint density at radius 1 is 1.21 bits per heavy atom. The van der Waals surface area contributed by atoms with Crippen LogP contribution in [0, 0.1) is 6.92 Å². The average molecular weight is 263 g/mol. The molecule has 0 aromatic carbocycles. The molecule has 0 aliphatic rings. The third kappa shape index (κ3) is 3.53. The number of rotatable bonds is 7. The van der Waals surface area contributed by atoms with Gasteiger partial charge in [-0.25, -0.2) is 4.98 Å². The third-order valence-corrected chi connectivity index (χ3v) is 3.18. The van der Waals surface area contributed by atoms with Gasteiger partial charge in [0.25, 0.3) is 0 Å². The summed E-state index contributed by atoms with van der Waals surface area (Å²) in [6.45, 7) is 4.41. The second-order valence-corrected chi connectivity index (χ2v) is 4.70. The van der Waals surface area contributed by atoms with E-state index in [-0.39, 0.29) is 13.2 Å². The summed E-state index contributed by atoms with van der Waals surface area (Å²) < 4.78 is 2.07. The van der Waals surface area contributed by atoms with Crippen molar-refractivity contribution in [3.63, 3.8) is 0 Å². The van der Waals surface area contributed by atoms with Crippen molar-refractivity contribution in [2.24, 2.45) is 0 Å². The molecule has 2 rings (SSSR count). The summed E-state index contributed by atoms with van der Waals surface area (Å²) in [5, 5.41) is 18.0. The minimum Gasteiger partial charge on any atom is -0.396 e. The Kier molecular flexibility index (Phi) is 4.90. The van der Waals surface area contributed by atoms with Crippen LogP contribution in [0.4, 0.5) is 0 Å². The molecule has 2 aromatic rings. The smallest absolute Gasteiger partial charge is 0.137 e. The lowest BCUT2D eigenvalue weighted by Crippen LogP contribution is -2.28. The Labute approximate surface area is 113 Å². The lowest BCUT2D eigenvalue weighted by molar-refractivity contribution is 0.173. The minimum absolute atomic E-state index is 0.123. The van der Waals surface area contributed by atoms with Crippen LogP contribution in [0.25, 0.3) is 5.65 Å². The maximum Gasteiger partial charge on any atom is 0.137 e. The standard InChI is InChI=1S/C14H21N3O2/c1-12-4-2-5-14-15-13(11-17(12)14)10-16(7-9-19)6-3-8-18/h2,4-5,11,18-19H,3,6-10H2,1H3. The van der Waals surface area contributed by atoms with Crippen LogP contribution < -0.4 is 0 Å². The van der Waals surface area contributed by atoms with Crippen LogP contribution in [-0.4, -0.2) is 50.8 Å². The molecule has 0 aliphatic carbocycles. The van der Waals surface area contributed by atoms with E-state index >= 15 is 0 Å². The number of aliphatic hydroxyl groups excluding tert-OH is 2. The zero-order valence-corrected chi connectivity index (χ0v) is 11.3. The van der Waals surface area contributed by atoms with E-state index in [2.05, 4.69) is 27.3 Å². The number of aliphatic hydroxyl groups is 2. The Hall–Kier alpha value is -1.43. The summed E-state index contributed by atoms with van der Waals surface area (Å²) in [7, 11) is 0. The van der Waals surface area contributed by atoms with Crippen molar-refractivity contribution in [3.8, 4) is 0 Å². The van der Waals surface area contributed by atoms with Gasteiger partial charge in [-0.15, -0.1) is 0 Å². The predicted molar refractivity (Wildman–Crippen MR) is 74.0 cm³/mol. The molecule has 2 heterocycles. The molecular weight excluding hydrogens is 242 g/mol. The van der Waals surface area contributed by atoms with Gasteiger partial charge in [-0.2, -0.15) is 0 Å². The normalized spacial score (nSPS) is 11.6. The van der Waals surface area contributed by atoms with E-state index in [0.29, 0.717) is 19.5 Å². The van der Waals surface area contributed by atoms with Gasteiger partial charge in [-0.1, -0.05) is 6.07 Å². The van der Waals surface area contributed by atoms with Gasteiger partial charge >= 0.3 is 0 Å². The number of imidazole rings is 1. The highest BCUT2D eigenvalue weighted by atomic mass is 16.3. The molecule has 0 saturated heterocycles. The molecule has 0 aliphatic heterocycles. The quantitative estimate of drug-likeness (QED) is 0.776. The van der Waals surface area contributed by atoms with Crippen molar-refractivity contribution in [1.29, 1.82) is 0 Å². The fourth-order valence-electron chi connectivity index (χ4n) is 2.21. The van der Waals surface area contributed by atoms with Crippen LogP contribution in [0.3, 0.4) is 0 Å². The number of fused-ring (bicyclic) bond motifs is 1. The minimum atomic E-state index is 0.123. The predicted octanol–water partition coefficient (Wildman–Crippen LogP) is 0.819. The fraction of sp³-hybridized carbons (Fsp3) is 0.500. The molecule has 5 nitrogen and oxygen atoms in total. The summed E-state index contributed by atoms with van der Waals surface area (Å²) in [6.07, 6.45) is 2.75. The summed E-state index contributed by atoms with van der Waals surface area (Å²) >= 11 is 0. The highest BCUT2D eigenvalue weighted by Gasteiger charge is 2.09. The van der Waals surface area contributed by atoms with Crippen LogP contribution in [-0.2, 0) is 6.54 Å². The van der Waals surface area contributed by atoms with Gasteiger partial charge in [0.15, 0.2) is 0 Å². The Morgan fingerprint density at radius 3 is 2.74 bits per heavy atom. The first-order valence-electron chi connectivity index (χ1n) is 6.62. The van der Waals surface area contributed by atoms with E-state index in [4.69, 9.17) is 10.2 Å². The van der Waals surface area contributed by atoms with E-state index in [1.54, 1.807) is 0 Å². The first-order chi connectivity index (χ1) is 9.24. The zero-order valence-electron chi connectivity index (χ0n) is 11.3. The lowest BCUT2D eigenvalue weighted by Gasteiger charge is -2.19. The summed E-state index contributed by atoms with van der Waals surface area (Å²) in [4.78, 5) is 6.69. The van der Waals surface area contributed by atoms with Crippen LogP contribution in [0.1, 0.15) is 17.8 Å². The maximum absolute atomic E-state index is 9.07. The van der Waals surface area contributed by atoms with Crippen LogP contribution in [0.5, 0.6) is 0 Å². The Morgan fingerprint density at radius 2 is 2.05 bits per heavy atom. The largest absolute Gasteiger partial charge is 0.396 e. The second-order valence-electron chi connectivity index (χ2n) is 4.70. The zero-order chi connectivity index (χ0) is 13.7. The van der Waals surface area contributed by atoms with Crippen molar-refractivity contribution in [2.75, 3.05) is 26.3 Å². The van der Waals surface area contributed by atoms with Crippen molar-refractivity contribution in [3.05, 3.63) is 35.8 Å². The molecule has 0 fully saturated rings. The first kappa shape index (κ1) is 14.0. The van der Waals surface area contributed by atoms with Crippen LogP contribution >= 0.6 is 0 Å². The van der Waals surface area contributed by atoms with E-state index < -0.39 is 0 Å². The second kappa shape index (κ2) is 6.65. The lowest BCUT2D eigenvalue weighted by atomic mass is 10.3. The Balaban J connectivity index is 2.12. The van der Waals surface area contributed by atoms with Crippen LogP contribution in [0.2, 0.25) is 0 Å². The van der Waals surface area contributed by atoms with E-state index in [1.807, 2.05) is 18.3 Å². The molecule has 2 N–H and O–H groups in total.